The van der Waals surface area contributed by atoms with Gasteiger partial charge >= 0.3 is 0 Å². The predicted octanol–water partition coefficient (Wildman–Crippen LogP) is 5.35. The van der Waals surface area contributed by atoms with Gasteiger partial charge in [0.25, 0.3) is 5.91 Å². The molecule has 1 heterocycles. The van der Waals surface area contributed by atoms with E-state index in [1.54, 1.807) is 11.0 Å². The van der Waals surface area contributed by atoms with E-state index in [-0.39, 0.29) is 19.2 Å². The van der Waals surface area contributed by atoms with Crippen LogP contribution in [-0.2, 0) is 16.1 Å². The van der Waals surface area contributed by atoms with Crippen LogP contribution in [0.15, 0.2) is 77.8 Å². The molecule has 0 radical (unpaired) electrons. The van der Waals surface area contributed by atoms with Crippen LogP contribution in [-0.4, -0.2) is 24.9 Å². The zero-order valence-electron chi connectivity index (χ0n) is 15.5. The minimum absolute atomic E-state index is 0.0425. The molecule has 0 N–H and O–H groups in total. The minimum Gasteiger partial charge on any atom is -0.356 e. The lowest BCUT2D eigenvalue weighted by Gasteiger charge is -2.23. The van der Waals surface area contributed by atoms with E-state index in [0.717, 1.165) is 28.1 Å². The first-order valence-corrected chi connectivity index (χ1v) is 9.90. The van der Waals surface area contributed by atoms with Gasteiger partial charge in [-0.25, -0.2) is 0 Å². The Hall–Kier alpha value is -2.66. The summed E-state index contributed by atoms with van der Waals surface area (Å²) in [4.78, 5) is 19.0. The van der Waals surface area contributed by atoms with Crippen molar-refractivity contribution in [3.8, 4) is 0 Å². The fourth-order valence-electron chi connectivity index (χ4n) is 3.20. The topological polar surface area (TPSA) is 41.9 Å². The summed E-state index contributed by atoms with van der Waals surface area (Å²) >= 11 is 12.2. The molecule has 3 aromatic rings. The number of fused-ring (bicyclic) bond motifs is 1. The van der Waals surface area contributed by atoms with Crippen LogP contribution < -0.4 is 4.90 Å². The maximum atomic E-state index is 12.8. The molecule has 0 unspecified atom stereocenters. The van der Waals surface area contributed by atoms with E-state index in [4.69, 9.17) is 27.9 Å². The van der Waals surface area contributed by atoms with Gasteiger partial charge in [-0.1, -0.05) is 65.7 Å². The highest BCUT2D eigenvalue weighted by molar-refractivity contribution is 6.32. The average Bonchev–Trinajstić information content (AvgIpc) is 2.86. The van der Waals surface area contributed by atoms with Crippen LogP contribution in [0.2, 0.25) is 10.0 Å². The quantitative estimate of drug-likeness (QED) is 0.553. The summed E-state index contributed by atoms with van der Waals surface area (Å²) in [6.07, 6.45) is 0. The molecule has 0 atom stereocenters. The van der Waals surface area contributed by atoms with E-state index >= 15 is 0 Å². The number of hydrogen-bond acceptors (Lipinski definition) is 3. The second-order valence-corrected chi connectivity index (χ2v) is 7.49. The van der Waals surface area contributed by atoms with Crippen molar-refractivity contribution in [2.45, 2.75) is 6.61 Å². The number of aliphatic imine (C=N–C) groups is 1. The summed E-state index contributed by atoms with van der Waals surface area (Å²) < 4.78 is 5.83. The molecule has 4 nitrogen and oxygen atoms in total. The van der Waals surface area contributed by atoms with Gasteiger partial charge in [0.1, 0.15) is 13.3 Å². The van der Waals surface area contributed by atoms with Crippen molar-refractivity contribution in [1.29, 1.82) is 0 Å². The zero-order chi connectivity index (χ0) is 20.2. The highest BCUT2D eigenvalue weighted by Crippen LogP contribution is 2.29. The first-order chi connectivity index (χ1) is 14.1. The molecule has 3 aromatic carbocycles. The molecule has 1 amide bonds. The number of nitrogens with zero attached hydrogens (tertiary/aromatic N) is 2. The molecule has 0 bridgehead atoms. The van der Waals surface area contributed by atoms with Crippen molar-refractivity contribution in [2.24, 2.45) is 4.99 Å². The molecule has 0 saturated heterocycles. The lowest BCUT2D eigenvalue weighted by Crippen LogP contribution is -2.34. The first-order valence-electron chi connectivity index (χ1n) is 9.14. The van der Waals surface area contributed by atoms with E-state index in [1.165, 1.54) is 0 Å². The normalized spacial score (nSPS) is 13.7. The van der Waals surface area contributed by atoms with Crippen LogP contribution in [0, 0.1) is 0 Å². The summed E-state index contributed by atoms with van der Waals surface area (Å²) in [5.74, 6) is -0.129. The van der Waals surface area contributed by atoms with Crippen molar-refractivity contribution in [2.75, 3.05) is 18.2 Å². The molecule has 29 heavy (non-hydrogen) atoms. The SMILES string of the molecule is O=C1CN=C(c2ccccc2)c2cc(Cl)ccc2N1COCc1ccc(Cl)cc1. The summed E-state index contributed by atoms with van der Waals surface area (Å²) in [6, 6.07) is 22.7. The zero-order valence-corrected chi connectivity index (χ0v) is 17.0. The van der Waals surface area contributed by atoms with E-state index in [1.807, 2.05) is 66.7 Å². The number of anilines is 1. The Labute approximate surface area is 179 Å². The number of amides is 1. The molecular weight excluding hydrogens is 407 g/mol. The Bertz CT molecular complexity index is 1050. The van der Waals surface area contributed by atoms with Crippen LogP contribution in [0.5, 0.6) is 0 Å². The van der Waals surface area contributed by atoms with Crippen LogP contribution in [0.25, 0.3) is 0 Å². The Kier molecular flexibility index (Phi) is 5.95. The number of halogens is 2. The first kappa shape index (κ1) is 19.6. The van der Waals surface area contributed by atoms with Gasteiger partial charge in [-0.15, -0.1) is 0 Å². The van der Waals surface area contributed by atoms with Crippen molar-refractivity contribution in [3.63, 3.8) is 0 Å². The summed E-state index contributed by atoms with van der Waals surface area (Å²) in [5, 5.41) is 1.26. The summed E-state index contributed by atoms with van der Waals surface area (Å²) in [5.41, 5.74) is 4.21. The number of ether oxygens (including phenoxy) is 1. The summed E-state index contributed by atoms with van der Waals surface area (Å²) in [7, 11) is 0. The van der Waals surface area contributed by atoms with Gasteiger partial charge < -0.3 is 4.74 Å². The Morgan fingerprint density at radius 1 is 0.931 bits per heavy atom. The van der Waals surface area contributed by atoms with Crippen LogP contribution in [0.3, 0.4) is 0 Å². The van der Waals surface area contributed by atoms with Gasteiger partial charge in [0, 0.05) is 21.2 Å². The number of hydrogen-bond donors (Lipinski definition) is 0. The third-order valence-corrected chi connectivity index (χ3v) is 5.11. The molecule has 4 rings (SSSR count). The molecule has 0 aliphatic carbocycles. The number of carbonyl (C=O) groups excluding carboxylic acids is 1. The highest BCUT2D eigenvalue weighted by atomic mass is 35.5. The van der Waals surface area contributed by atoms with Crippen LogP contribution in [0.1, 0.15) is 16.7 Å². The molecular formula is C23H18Cl2N2O2. The van der Waals surface area contributed by atoms with E-state index in [0.29, 0.717) is 16.7 Å². The van der Waals surface area contributed by atoms with Gasteiger partial charge in [-0.05, 0) is 35.9 Å². The van der Waals surface area contributed by atoms with Gasteiger partial charge in [0.15, 0.2) is 0 Å². The Morgan fingerprint density at radius 3 is 2.41 bits per heavy atom. The predicted molar refractivity (Wildman–Crippen MR) is 117 cm³/mol. The molecule has 0 fully saturated rings. The number of benzene rings is 3. The second kappa shape index (κ2) is 8.78. The highest BCUT2D eigenvalue weighted by Gasteiger charge is 2.25. The Balaban J connectivity index is 1.61. The van der Waals surface area contributed by atoms with E-state index in [2.05, 4.69) is 4.99 Å². The maximum Gasteiger partial charge on any atom is 0.250 e. The number of carbonyl (C=O) groups is 1. The molecule has 6 heteroatoms. The van der Waals surface area contributed by atoms with Gasteiger partial charge in [-0.3, -0.25) is 14.7 Å². The molecule has 0 saturated carbocycles. The van der Waals surface area contributed by atoms with Gasteiger partial charge in [0.05, 0.1) is 18.0 Å². The monoisotopic (exact) mass is 424 g/mol. The standard InChI is InChI=1S/C23H18Cl2N2O2/c24-18-8-6-16(7-9-18)14-29-15-27-21-11-10-19(25)12-20(21)23(26-13-22(27)28)17-4-2-1-3-5-17/h1-12H,13-15H2. The average molecular weight is 425 g/mol. The lowest BCUT2D eigenvalue weighted by atomic mass is 10.0. The largest absolute Gasteiger partial charge is 0.356 e. The molecule has 146 valence electrons. The van der Waals surface area contributed by atoms with E-state index < -0.39 is 0 Å². The van der Waals surface area contributed by atoms with Crippen molar-refractivity contribution >= 4 is 40.5 Å². The molecule has 1 aliphatic rings. The minimum atomic E-state index is -0.129. The third kappa shape index (κ3) is 4.51. The maximum absolute atomic E-state index is 12.8. The molecule has 0 aromatic heterocycles. The smallest absolute Gasteiger partial charge is 0.250 e. The van der Waals surface area contributed by atoms with Gasteiger partial charge in [-0.2, -0.15) is 0 Å². The lowest BCUT2D eigenvalue weighted by molar-refractivity contribution is -0.118. The second-order valence-electron chi connectivity index (χ2n) is 6.62. The number of rotatable bonds is 5. The fourth-order valence-corrected chi connectivity index (χ4v) is 3.50. The van der Waals surface area contributed by atoms with Crippen molar-refractivity contribution in [1.82, 2.24) is 0 Å². The van der Waals surface area contributed by atoms with E-state index in [9.17, 15) is 4.79 Å². The Morgan fingerprint density at radius 2 is 1.66 bits per heavy atom. The number of benzodiazepines with no additional fused rings is 1. The third-order valence-electron chi connectivity index (χ3n) is 4.63. The van der Waals surface area contributed by atoms with Crippen molar-refractivity contribution in [3.05, 3.63) is 99.5 Å². The van der Waals surface area contributed by atoms with Crippen LogP contribution in [0.4, 0.5) is 5.69 Å². The summed E-state index contributed by atoms with van der Waals surface area (Å²) in [6.45, 7) is 0.533. The van der Waals surface area contributed by atoms with Gasteiger partial charge in [0.2, 0.25) is 0 Å². The van der Waals surface area contributed by atoms with Crippen LogP contribution >= 0.6 is 23.2 Å². The molecule has 1 aliphatic heterocycles. The fraction of sp³-hybridized carbons (Fsp3) is 0.130. The molecule has 0 spiro atoms. The van der Waals surface area contributed by atoms with Crippen molar-refractivity contribution < 1.29 is 9.53 Å².